The predicted octanol–water partition coefficient (Wildman–Crippen LogP) is 3.08. The first-order chi connectivity index (χ1) is 9.70. The second kappa shape index (κ2) is 5.00. The lowest BCUT2D eigenvalue weighted by molar-refractivity contribution is 0.366. The molecular formula is C17H18N2O. The summed E-state index contributed by atoms with van der Waals surface area (Å²) in [4.78, 5) is 4.74. The van der Waals surface area contributed by atoms with E-state index in [0.717, 1.165) is 12.1 Å². The van der Waals surface area contributed by atoms with Crippen LogP contribution >= 0.6 is 0 Å². The van der Waals surface area contributed by atoms with Crippen molar-refractivity contribution in [2.75, 3.05) is 6.54 Å². The Labute approximate surface area is 119 Å². The zero-order valence-corrected chi connectivity index (χ0v) is 11.3. The number of nitrogens with zero attached hydrogens (tertiary/aromatic N) is 1. The quantitative estimate of drug-likeness (QED) is 0.635. The Bertz CT molecular complexity index is 628. The minimum absolute atomic E-state index is 0.0254. The van der Waals surface area contributed by atoms with Gasteiger partial charge in [-0.05, 0) is 24.6 Å². The summed E-state index contributed by atoms with van der Waals surface area (Å²) in [5.74, 6) is 0.404. The lowest BCUT2D eigenvalue weighted by atomic mass is 9.70. The highest BCUT2D eigenvalue weighted by Crippen LogP contribution is 2.45. The van der Waals surface area contributed by atoms with Crippen LogP contribution in [0.5, 0.6) is 0 Å². The fraction of sp³-hybridized carbons (Fsp3) is 0.235. The van der Waals surface area contributed by atoms with Crippen molar-refractivity contribution in [1.82, 2.24) is 5.32 Å². The van der Waals surface area contributed by atoms with Gasteiger partial charge in [-0.1, -0.05) is 42.5 Å². The van der Waals surface area contributed by atoms with E-state index in [1.54, 1.807) is 0 Å². The lowest BCUT2D eigenvalue weighted by Crippen LogP contribution is -2.34. The highest BCUT2D eigenvalue weighted by atomic mass is 16.3. The summed E-state index contributed by atoms with van der Waals surface area (Å²) in [5.41, 5.74) is 4.89. The molecule has 0 radical (unpaired) electrons. The third-order valence-electron chi connectivity index (χ3n) is 3.92. The molecule has 0 fully saturated rings. The molecule has 3 rings (SSSR count). The van der Waals surface area contributed by atoms with Crippen molar-refractivity contribution in [1.29, 1.82) is 0 Å². The molecule has 1 aliphatic carbocycles. The molecule has 102 valence electrons. The van der Waals surface area contributed by atoms with Crippen LogP contribution in [0.15, 0.2) is 66.0 Å². The van der Waals surface area contributed by atoms with Gasteiger partial charge in [0, 0.05) is 18.0 Å². The van der Waals surface area contributed by atoms with Crippen LogP contribution in [0.25, 0.3) is 0 Å². The van der Waals surface area contributed by atoms with Crippen molar-refractivity contribution in [3.63, 3.8) is 0 Å². The van der Waals surface area contributed by atoms with Crippen molar-refractivity contribution >= 4 is 5.71 Å². The fourth-order valence-electron chi connectivity index (χ4n) is 3.00. The summed E-state index contributed by atoms with van der Waals surface area (Å²) in [7, 11) is 0. The molecule has 3 heteroatoms. The average molecular weight is 266 g/mol. The monoisotopic (exact) mass is 266 g/mol. The molecule has 0 saturated heterocycles. The molecule has 20 heavy (non-hydrogen) atoms. The standard InChI is InChI=1S/C17H18N2O/c1-3-15-13-6-4-5-7-14(13)17-12(10-16(17)19-15)8-9-18-11(2)20/h3-7,10,16-18,20H,1-2,8-9H2. The second-order valence-electron chi connectivity index (χ2n) is 5.14. The highest BCUT2D eigenvalue weighted by molar-refractivity contribution is 6.10. The summed E-state index contributed by atoms with van der Waals surface area (Å²) >= 11 is 0. The Morgan fingerprint density at radius 1 is 1.40 bits per heavy atom. The van der Waals surface area contributed by atoms with Crippen LogP contribution in [0.2, 0.25) is 0 Å². The molecular weight excluding hydrogens is 248 g/mol. The molecule has 2 N–H and O–H groups in total. The van der Waals surface area contributed by atoms with Crippen molar-refractivity contribution < 1.29 is 5.11 Å². The summed E-state index contributed by atoms with van der Waals surface area (Å²) in [5, 5.41) is 11.9. The number of allylic oxidation sites excluding steroid dienone is 1. The zero-order chi connectivity index (χ0) is 14.1. The molecule has 0 bridgehead atoms. The lowest BCUT2D eigenvalue weighted by Gasteiger charge is -2.39. The van der Waals surface area contributed by atoms with Gasteiger partial charge < -0.3 is 10.4 Å². The van der Waals surface area contributed by atoms with Crippen LogP contribution in [-0.2, 0) is 0 Å². The molecule has 0 amide bonds. The Morgan fingerprint density at radius 2 is 2.20 bits per heavy atom. The first-order valence-corrected chi connectivity index (χ1v) is 6.82. The summed E-state index contributed by atoms with van der Waals surface area (Å²) in [6.45, 7) is 7.98. The minimum Gasteiger partial charge on any atom is -0.495 e. The van der Waals surface area contributed by atoms with E-state index in [1.807, 2.05) is 12.1 Å². The van der Waals surface area contributed by atoms with Crippen molar-refractivity contribution in [3.8, 4) is 0 Å². The van der Waals surface area contributed by atoms with Gasteiger partial charge in [-0.15, -0.1) is 0 Å². The number of aliphatic hydroxyl groups is 1. The first-order valence-electron chi connectivity index (χ1n) is 6.82. The average Bonchev–Trinajstić information content (AvgIpc) is 2.42. The second-order valence-corrected chi connectivity index (χ2v) is 5.14. The SMILES string of the molecule is C=CC1=NC2C=C(CCNC(=C)O)C2c2ccccc21. The number of rotatable bonds is 5. The van der Waals surface area contributed by atoms with Gasteiger partial charge in [0.25, 0.3) is 0 Å². The van der Waals surface area contributed by atoms with Crippen LogP contribution in [0, 0.1) is 0 Å². The molecule has 1 heterocycles. The third-order valence-corrected chi connectivity index (χ3v) is 3.92. The van der Waals surface area contributed by atoms with E-state index >= 15 is 0 Å². The Hall–Kier alpha value is -2.29. The van der Waals surface area contributed by atoms with E-state index < -0.39 is 0 Å². The molecule has 1 aromatic rings. The number of hydrogen-bond donors (Lipinski definition) is 2. The van der Waals surface area contributed by atoms with Gasteiger partial charge in [-0.2, -0.15) is 0 Å². The minimum atomic E-state index is 0.0254. The molecule has 2 unspecified atom stereocenters. The summed E-state index contributed by atoms with van der Waals surface area (Å²) in [6, 6.07) is 8.64. The molecule has 3 nitrogen and oxygen atoms in total. The maximum atomic E-state index is 9.05. The highest BCUT2D eigenvalue weighted by Gasteiger charge is 2.37. The predicted molar refractivity (Wildman–Crippen MR) is 82.2 cm³/mol. The Balaban J connectivity index is 1.83. The van der Waals surface area contributed by atoms with E-state index in [1.165, 1.54) is 16.7 Å². The maximum absolute atomic E-state index is 9.05. The van der Waals surface area contributed by atoms with E-state index in [2.05, 4.69) is 42.7 Å². The van der Waals surface area contributed by atoms with Crippen LogP contribution in [0.3, 0.4) is 0 Å². The van der Waals surface area contributed by atoms with Gasteiger partial charge >= 0.3 is 0 Å². The van der Waals surface area contributed by atoms with E-state index in [4.69, 9.17) is 10.1 Å². The zero-order valence-electron chi connectivity index (χ0n) is 11.3. The molecule has 2 aliphatic rings. The first kappa shape index (κ1) is 12.7. The Morgan fingerprint density at radius 3 is 2.95 bits per heavy atom. The largest absolute Gasteiger partial charge is 0.495 e. The van der Waals surface area contributed by atoms with E-state index in [9.17, 15) is 0 Å². The van der Waals surface area contributed by atoms with Gasteiger partial charge in [-0.25, -0.2) is 0 Å². The third kappa shape index (κ3) is 2.05. The van der Waals surface area contributed by atoms with E-state index in [0.29, 0.717) is 12.5 Å². The molecule has 2 atom stereocenters. The number of aliphatic hydroxyl groups excluding tert-OH is 1. The van der Waals surface area contributed by atoms with Crippen LogP contribution < -0.4 is 5.32 Å². The molecule has 0 spiro atoms. The van der Waals surface area contributed by atoms with Crippen LogP contribution in [0.4, 0.5) is 0 Å². The Kier molecular flexibility index (Phi) is 3.18. The molecule has 1 aliphatic heterocycles. The van der Waals surface area contributed by atoms with Gasteiger partial charge in [-0.3, -0.25) is 4.99 Å². The number of aliphatic imine (C=N–C) groups is 1. The van der Waals surface area contributed by atoms with Gasteiger partial charge in [0.1, 0.15) is 0 Å². The normalized spacial score (nSPS) is 22.6. The summed E-state index contributed by atoms with van der Waals surface area (Å²) < 4.78 is 0. The number of hydrogen-bond acceptors (Lipinski definition) is 3. The van der Waals surface area contributed by atoms with Crippen LogP contribution in [0.1, 0.15) is 23.5 Å². The topological polar surface area (TPSA) is 44.6 Å². The van der Waals surface area contributed by atoms with Crippen molar-refractivity contribution in [3.05, 3.63) is 72.2 Å². The van der Waals surface area contributed by atoms with E-state index in [-0.39, 0.29) is 11.9 Å². The fourth-order valence-corrected chi connectivity index (χ4v) is 3.00. The van der Waals surface area contributed by atoms with Crippen molar-refractivity contribution in [2.24, 2.45) is 4.99 Å². The van der Waals surface area contributed by atoms with Crippen LogP contribution in [-0.4, -0.2) is 23.4 Å². The number of fused-ring (bicyclic) bond motifs is 3. The molecule has 0 saturated carbocycles. The molecule has 0 aromatic heterocycles. The van der Waals surface area contributed by atoms with Crippen molar-refractivity contribution in [2.45, 2.75) is 18.4 Å². The summed E-state index contributed by atoms with van der Waals surface area (Å²) in [6.07, 6.45) is 4.94. The smallest absolute Gasteiger partial charge is 0.176 e. The van der Waals surface area contributed by atoms with Gasteiger partial charge in [0.2, 0.25) is 0 Å². The maximum Gasteiger partial charge on any atom is 0.176 e. The number of benzene rings is 1. The van der Waals surface area contributed by atoms with Gasteiger partial charge in [0.15, 0.2) is 5.88 Å². The molecule has 1 aromatic carbocycles. The van der Waals surface area contributed by atoms with Gasteiger partial charge in [0.05, 0.1) is 11.8 Å². The number of nitrogens with one attached hydrogen (secondary N) is 1.